The second-order valence-corrected chi connectivity index (χ2v) is 8.25. The lowest BCUT2D eigenvalue weighted by atomic mass is 9.97. The van der Waals surface area contributed by atoms with E-state index in [1.807, 2.05) is 7.05 Å². The maximum Gasteiger partial charge on any atom is 0.309 e. The van der Waals surface area contributed by atoms with E-state index < -0.39 is 5.97 Å². The molecule has 1 fully saturated rings. The summed E-state index contributed by atoms with van der Waals surface area (Å²) in [6.07, 6.45) is 2.01. The smallest absolute Gasteiger partial charge is 0.309 e. The van der Waals surface area contributed by atoms with Gasteiger partial charge in [-0.15, -0.1) is 0 Å². The molecule has 5 heteroatoms. The molecule has 1 atom stereocenters. The number of likely N-dealkylation sites (N-methyl/N-ethyl adjacent to an activating group) is 1. The Hall–Kier alpha value is -2.21. The van der Waals surface area contributed by atoms with E-state index >= 15 is 0 Å². The van der Waals surface area contributed by atoms with Crippen molar-refractivity contribution in [3.8, 4) is 0 Å². The summed E-state index contributed by atoms with van der Waals surface area (Å²) in [4.78, 5) is 15.9. The highest BCUT2D eigenvalue weighted by Gasteiger charge is 2.27. The standard InChI is InChI=1S/C24H30N2O3/c1-25-12-13-26(17-20(16-25)24(27)28)14-15-29-23-21-8-4-2-6-18(21)10-11-19-7-3-5-9-22(19)23/h2-9,20,23H,10-17H2,1H3,(H,27,28). The van der Waals surface area contributed by atoms with Crippen molar-refractivity contribution in [3.05, 3.63) is 70.8 Å². The molecule has 154 valence electrons. The van der Waals surface area contributed by atoms with E-state index in [9.17, 15) is 9.90 Å². The molecule has 29 heavy (non-hydrogen) atoms. The number of benzene rings is 2. The molecule has 5 nitrogen and oxygen atoms in total. The quantitative estimate of drug-likeness (QED) is 0.845. The van der Waals surface area contributed by atoms with Gasteiger partial charge in [0.25, 0.3) is 0 Å². The normalized spacial score (nSPS) is 21.1. The van der Waals surface area contributed by atoms with Gasteiger partial charge in [0.05, 0.1) is 12.5 Å². The minimum absolute atomic E-state index is 0.0603. The lowest BCUT2D eigenvalue weighted by Gasteiger charge is -2.25. The fourth-order valence-corrected chi connectivity index (χ4v) is 4.55. The molecule has 4 rings (SSSR count). The number of aryl methyl sites for hydroxylation is 2. The third kappa shape index (κ3) is 4.69. The molecule has 0 spiro atoms. The molecular formula is C24H30N2O3. The largest absolute Gasteiger partial charge is 0.481 e. The minimum atomic E-state index is -0.712. The van der Waals surface area contributed by atoms with Gasteiger partial charge in [0, 0.05) is 32.7 Å². The van der Waals surface area contributed by atoms with Gasteiger partial charge < -0.3 is 14.7 Å². The summed E-state index contributed by atoms with van der Waals surface area (Å²) in [5.41, 5.74) is 5.24. The lowest BCUT2D eigenvalue weighted by molar-refractivity contribution is -0.142. The first kappa shape index (κ1) is 20.1. The first-order valence-corrected chi connectivity index (χ1v) is 10.5. The lowest BCUT2D eigenvalue weighted by Crippen LogP contribution is -2.36. The van der Waals surface area contributed by atoms with Crippen LogP contribution in [-0.4, -0.2) is 67.3 Å². The average molecular weight is 395 g/mol. The first-order valence-electron chi connectivity index (χ1n) is 10.5. The Labute approximate surface area is 172 Å². The predicted octanol–water partition coefficient (Wildman–Crippen LogP) is 2.84. The van der Waals surface area contributed by atoms with E-state index in [2.05, 4.69) is 58.3 Å². The number of carboxylic acid groups (broad SMARTS) is 1. The Bertz CT molecular complexity index is 806. The number of carbonyl (C=O) groups is 1. The summed E-state index contributed by atoms with van der Waals surface area (Å²) >= 11 is 0. The maximum absolute atomic E-state index is 11.5. The van der Waals surface area contributed by atoms with Gasteiger partial charge in [0.15, 0.2) is 0 Å². The van der Waals surface area contributed by atoms with Crippen molar-refractivity contribution in [2.75, 3.05) is 46.4 Å². The van der Waals surface area contributed by atoms with Crippen LogP contribution in [0.2, 0.25) is 0 Å². The second kappa shape index (κ2) is 9.08. The zero-order valence-corrected chi connectivity index (χ0v) is 17.1. The fourth-order valence-electron chi connectivity index (χ4n) is 4.55. The fraction of sp³-hybridized carbons (Fsp3) is 0.458. The molecule has 1 aliphatic heterocycles. The molecule has 0 saturated carbocycles. The highest BCUT2D eigenvalue weighted by molar-refractivity contribution is 5.70. The van der Waals surface area contributed by atoms with Gasteiger partial charge in [-0.3, -0.25) is 9.69 Å². The molecule has 1 saturated heterocycles. The van der Waals surface area contributed by atoms with E-state index in [4.69, 9.17) is 4.74 Å². The number of aliphatic carboxylic acids is 1. The Kier molecular flexibility index (Phi) is 6.28. The molecule has 2 aromatic rings. The number of rotatable bonds is 5. The van der Waals surface area contributed by atoms with Gasteiger partial charge in [0.1, 0.15) is 6.10 Å². The molecular weight excluding hydrogens is 364 g/mol. The number of hydrogen-bond acceptors (Lipinski definition) is 4. The summed E-state index contributed by atoms with van der Waals surface area (Å²) in [5, 5.41) is 9.49. The zero-order chi connectivity index (χ0) is 20.2. The van der Waals surface area contributed by atoms with E-state index in [0.29, 0.717) is 19.7 Å². The van der Waals surface area contributed by atoms with Crippen molar-refractivity contribution in [2.45, 2.75) is 18.9 Å². The number of hydrogen-bond donors (Lipinski definition) is 1. The Morgan fingerprint density at radius 1 is 1.00 bits per heavy atom. The molecule has 1 N–H and O–H groups in total. The van der Waals surface area contributed by atoms with Crippen molar-refractivity contribution < 1.29 is 14.6 Å². The number of ether oxygens (including phenoxy) is 1. The van der Waals surface area contributed by atoms with E-state index in [0.717, 1.165) is 32.5 Å². The number of fused-ring (bicyclic) bond motifs is 2. The third-order valence-electron chi connectivity index (χ3n) is 6.19. The molecule has 0 bridgehead atoms. The Morgan fingerprint density at radius 2 is 1.62 bits per heavy atom. The van der Waals surface area contributed by atoms with Crippen LogP contribution in [0.4, 0.5) is 0 Å². The van der Waals surface area contributed by atoms with Crippen LogP contribution in [0.5, 0.6) is 0 Å². The van der Waals surface area contributed by atoms with Crippen molar-refractivity contribution in [1.29, 1.82) is 0 Å². The van der Waals surface area contributed by atoms with Gasteiger partial charge in [-0.25, -0.2) is 0 Å². The molecule has 2 aromatic carbocycles. The van der Waals surface area contributed by atoms with Crippen molar-refractivity contribution in [3.63, 3.8) is 0 Å². The summed E-state index contributed by atoms with van der Waals surface area (Å²) in [6.45, 7) is 4.29. The molecule has 1 heterocycles. The van der Waals surface area contributed by atoms with Crippen LogP contribution in [0.25, 0.3) is 0 Å². The van der Waals surface area contributed by atoms with Crippen LogP contribution < -0.4 is 0 Å². The van der Waals surface area contributed by atoms with Crippen LogP contribution in [0, 0.1) is 5.92 Å². The monoisotopic (exact) mass is 394 g/mol. The topological polar surface area (TPSA) is 53.0 Å². The van der Waals surface area contributed by atoms with Crippen LogP contribution in [0.3, 0.4) is 0 Å². The van der Waals surface area contributed by atoms with Gasteiger partial charge in [-0.05, 0) is 42.1 Å². The van der Waals surface area contributed by atoms with Crippen LogP contribution >= 0.6 is 0 Å². The van der Waals surface area contributed by atoms with E-state index in [1.165, 1.54) is 22.3 Å². The predicted molar refractivity (Wildman–Crippen MR) is 113 cm³/mol. The first-order chi connectivity index (χ1) is 14.1. The average Bonchev–Trinajstić information content (AvgIpc) is 3.01. The molecule has 0 amide bonds. The Morgan fingerprint density at radius 3 is 2.24 bits per heavy atom. The zero-order valence-electron chi connectivity index (χ0n) is 17.1. The van der Waals surface area contributed by atoms with Gasteiger partial charge in [0.2, 0.25) is 0 Å². The van der Waals surface area contributed by atoms with Gasteiger partial charge >= 0.3 is 5.97 Å². The molecule has 1 unspecified atom stereocenters. The van der Waals surface area contributed by atoms with E-state index in [1.54, 1.807) is 0 Å². The van der Waals surface area contributed by atoms with Crippen LogP contribution in [-0.2, 0) is 22.4 Å². The van der Waals surface area contributed by atoms with Crippen LogP contribution in [0.1, 0.15) is 28.4 Å². The van der Waals surface area contributed by atoms with Crippen molar-refractivity contribution in [2.24, 2.45) is 5.92 Å². The highest BCUT2D eigenvalue weighted by atomic mass is 16.5. The SMILES string of the molecule is CN1CCN(CCOC2c3ccccc3CCc3ccccc32)CC(C(=O)O)C1. The molecule has 1 aliphatic carbocycles. The summed E-state index contributed by atoms with van der Waals surface area (Å²) in [5.74, 6) is -1.06. The van der Waals surface area contributed by atoms with Gasteiger partial charge in [-0.2, -0.15) is 0 Å². The number of nitrogens with zero attached hydrogens (tertiary/aromatic N) is 2. The van der Waals surface area contributed by atoms with Crippen molar-refractivity contribution >= 4 is 5.97 Å². The minimum Gasteiger partial charge on any atom is -0.481 e. The summed E-state index contributed by atoms with van der Waals surface area (Å²) in [7, 11) is 2.00. The summed E-state index contributed by atoms with van der Waals surface area (Å²) < 4.78 is 6.48. The van der Waals surface area contributed by atoms with Crippen molar-refractivity contribution in [1.82, 2.24) is 9.80 Å². The maximum atomic E-state index is 11.5. The molecule has 0 aromatic heterocycles. The van der Waals surface area contributed by atoms with E-state index in [-0.39, 0.29) is 12.0 Å². The van der Waals surface area contributed by atoms with Crippen LogP contribution in [0.15, 0.2) is 48.5 Å². The molecule has 2 aliphatic rings. The molecule has 0 radical (unpaired) electrons. The Balaban J connectivity index is 1.47. The van der Waals surface area contributed by atoms with Gasteiger partial charge in [-0.1, -0.05) is 48.5 Å². The summed E-state index contributed by atoms with van der Waals surface area (Å²) in [6, 6.07) is 17.2. The second-order valence-electron chi connectivity index (χ2n) is 8.25. The number of carboxylic acids is 1. The third-order valence-corrected chi connectivity index (χ3v) is 6.19. The highest BCUT2D eigenvalue weighted by Crippen LogP contribution is 2.35.